The summed E-state index contributed by atoms with van der Waals surface area (Å²) < 4.78 is 0. The first-order valence-electron chi connectivity index (χ1n) is 7.48. The Labute approximate surface area is 138 Å². The van der Waals surface area contributed by atoms with Gasteiger partial charge in [-0.1, -0.05) is 18.2 Å². The average molecular weight is 324 g/mol. The van der Waals surface area contributed by atoms with Gasteiger partial charge >= 0.3 is 6.03 Å². The molecule has 7 nitrogen and oxygen atoms in total. The highest BCUT2D eigenvalue weighted by molar-refractivity contribution is 6.01. The van der Waals surface area contributed by atoms with Crippen LogP contribution in [0.25, 0.3) is 0 Å². The fourth-order valence-electron chi connectivity index (χ4n) is 2.35. The van der Waals surface area contributed by atoms with Gasteiger partial charge in [-0.3, -0.25) is 19.5 Å². The number of hydrogen-bond donors (Lipinski definition) is 2. The molecule has 24 heavy (non-hydrogen) atoms. The minimum Gasteiger partial charge on any atom is -0.348 e. The normalized spacial score (nSPS) is 13.8. The second kappa shape index (κ2) is 6.91. The van der Waals surface area contributed by atoms with Gasteiger partial charge < -0.3 is 10.6 Å². The number of nitrogens with one attached hydrogen (secondary N) is 2. The van der Waals surface area contributed by atoms with Crippen LogP contribution in [-0.2, 0) is 17.9 Å². The van der Waals surface area contributed by atoms with Gasteiger partial charge in [0.1, 0.15) is 0 Å². The highest BCUT2D eigenvalue weighted by Crippen LogP contribution is 2.10. The van der Waals surface area contributed by atoms with Crippen molar-refractivity contribution in [2.24, 2.45) is 0 Å². The highest BCUT2D eigenvalue weighted by atomic mass is 16.2. The molecule has 7 heteroatoms. The highest BCUT2D eigenvalue weighted by Gasteiger charge is 2.28. The lowest BCUT2D eigenvalue weighted by atomic mass is 10.1. The molecule has 0 spiro atoms. The Morgan fingerprint density at radius 1 is 1.17 bits per heavy atom. The molecule has 3 rings (SSSR count). The van der Waals surface area contributed by atoms with Crippen LogP contribution in [0.4, 0.5) is 4.79 Å². The number of urea groups is 1. The van der Waals surface area contributed by atoms with Crippen LogP contribution >= 0.6 is 0 Å². The van der Waals surface area contributed by atoms with E-state index in [1.165, 1.54) is 0 Å². The summed E-state index contributed by atoms with van der Waals surface area (Å²) in [5.74, 6) is -0.446. The summed E-state index contributed by atoms with van der Waals surface area (Å²) in [5.41, 5.74) is 2.21. The molecule has 0 bridgehead atoms. The molecule has 0 radical (unpaired) electrons. The van der Waals surface area contributed by atoms with E-state index in [0.29, 0.717) is 12.1 Å². The van der Waals surface area contributed by atoms with Gasteiger partial charge in [-0.05, 0) is 29.3 Å². The molecule has 2 N–H and O–H groups in total. The minimum absolute atomic E-state index is 0.0354. The second-order valence-corrected chi connectivity index (χ2v) is 5.38. The van der Waals surface area contributed by atoms with Crippen LogP contribution in [-0.4, -0.2) is 34.3 Å². The first-order chi connectivity index (χ1) is 11.6. The van der Waals surface area contributed by atoms with Crippen molar-refractivity contribution in [3.05, 3.63) is 65.5 Å². The van der Waals surface area contributed by atoms with Gasteiger partial charge in [0.25, 0.3) is 5.91 Å². The Morgan fingerprint density at radius 3 is 2.58 bits per heavy atom. The van der Waals surface area contributed by atoms with Crippen molar-refractivity contribution in [3.63, 3.8) is 0 Å². The van der Waals surface area contributed by atoms with Gasteiger partial charge in [0, 0.05) is 24.5 Å². The number of imide groups is 1. The van der Waals surface area contributed by atoms with Crippen molar-refractivity contribution in [1.29, 1.82) is 0 Å². The molecule has 122 valence electrons. The summed E-state index contributed by atoms with van der Waals surface area (Å²) in [5, 5.41) is 5.28. The number of hydrogen-bond acceptors (Lipinski definition) is 4. The molecule has 1 saturated heterocycles. The summed E-state index contributed by atoms with van der Waals surface area (Å²) in [7, 11) is 0. The number of amides is 4. The van der Waals surface area contributed by atoms with Gasteiger partial charge in [0.2, 0.25) is 5.91 Å². The van der Waals surface area contributed by atoms with Crippen LogP contribution in [0, 0.1) is 0 Å². The van der Waals surface area contributed by atoms with Gasteiger partial charge in [0.15, 0.2) is 0 Å². The molecule has 4 amide bonds. The Morgan fingerprint density at radius 2 is 1.96 bits per heavy atom. The molecule has 0 unspecified atom stereocenters. The molecule has 1 aromatic carbocycles. The lowest BCUT2D eigenvalue weighted by Crippen LogP contribution is -2.30. The van der Waals surface area contributed by atoms with Crippen molar-refractivity contribution in [2.75, 3.05) is 6.54 Å². The third-order valence-corrected chi connectivity index (χ3v) is 3.67. The van der Waals surface area contributed by atoms with E-state index in [1.54, 1.807) is 36.7 Å². The van der Waals surface area contributed by atoms with Gasteiger partial charge in [-0.2, -0.15) is 0 Å². The molecule has 2 heterocycles. The predicted molar refractivity (Wildman–Crippen MR) is 85.8 cm³/mol. The number of pyridine rings is 1. The summed E-state index contributed by atoms with van der Waals surface area (Å²) in [6.07, 6.45) is 3.37. The number of aromatic nitrogens is 1. The standard InChI is InChI=1S/C17H16N4O3/c22-15-10-20-17(24)21(15)11-12-3-5-14(6-4-12)16(23)19-9-13-2-1-7-18-8-13/h1-8H,9-11H2,(H,19,23)(H,20,24). The van der Waals surface area contributed by atoms with Crippen molar-refractivity contribution >= 4 is 17.8 Å². The number of nitrogens with zero attached hydrogens (tertiary/aromatic N) is 2. The van der Waals surface area contributed by atoms with Crippen LogP contribution in [0.3, 0.4) is 0 Å². The third-order valence-electron chi connectivity index (χ3n) is 3.67. The second-order valence-electron chi connectivity index (χ2n) is 5.38. The van der Waals surface area contributed by atoms with Crippen molar-refractivity contribution < 1.29 is 14.4 Å². The Kier molecular flexibility index (Phi) is 4.51. The number of carbonyl (C=O) groups is 3. The lowest BCUT2D eigenvalue weighted by molar-refractivity contribution is -0.125. The smallest absolute Gasteiger partial charge is 0.324 e. The first kappa shape index (κ1) is 15.7. The fraction of sp³-hybridized carbons (Fsp3) is 0.176. The fourth-order valence-corrected chi connectivity index (χ4v) is 2.35. The van der Waals surface area contributed by atoms with Gasteiger partial charge in [0.05, 0.1) is 13.1 Å². The minimum atomic E-state index is -0.390. The summed E-state index contributed by atoms with van der Waals surface area (Å²) in [6, 6.07) is 10.1. The van der Waals surface area contributed by atoms with E-state index >= 15 is 0 Å². The number of carbonyl (C=O) groups excluding carboxylic acids is 3. The van der Waals surface area contributed by atoms with Crippen molar-refractivity contribution in [3.8, 4) is 0 Å². The first-order valence-corrected chi connectivity index (χ1v) is 7.48. The molecular weight excluding hydrogens is 308 g/mol. The largest absolute Gasteiger partial charge is 0.348 e. The molecule has 2 aromatic rings. The SMILES string of the molecule is O=C(NCc1cccnc1)c1ccc(CN2C(=O)CNC2=O)cc1. The molecule has 0 aliphatic carbocycles. The zero-order valence-electron chi connectivity index (χ0n) is 12.9. The van der Waals surface area contributed by atoms with Gasteiger partial charge in [-0.15, -0.1) is 0 Å². The number of benzene rings is 1. The molecule has 0 saturated carbocycles. The summed E-state index contributed by atoms with van der Waals surface area (Å²) in [4.78, 5) is 40.3. The summed E-state index contributed by atoms with van der Waals surface area (Å²) in [6.45, 7) is 0.632. The van der Waals surface area contributed by atoms with E-state index in [1.807, 2.05) is 12.1 Å². The van der Waals surface area contributed by atoms with Crippen LogP contribution < -0.4 is 10.6 Å². The molecule has 0 atom stereocenters. The molecule has 1 aliphatic heterocycles. The maximum atomic E-state index is 12.1. The van der Waals surface area contributed by atoms with Gasteiger partial charge in [-0.25, -0.2) is 4.79 Å². The van der Waals surface area contributed by atoms with E-state index in [-0.39, 0.29) is 24.9 Å². The molecule has 1 aromatic heterocycles. The molecule has 1 fully saturated rings. The predicted octanol–water partition coefficient (Wildman–Crippen LogP) is 1.06. The van der Waals surface area contributed by atoms with Crippen molar-refractivity contribution in [1.82, 2.24) is 20.5 Å². The third kappa shape index (κ3) is 3.57. The maximum absolute atomic E-state index is 12.1. The van der Waals surface area contributed by atoms with Crippen LogP contribution in [0.15, 0.2) is 48.8 Å². The summed E-state index contributed by atoms with van der Waals surface area (Å²) >= 11 is 0. The van der Waals surface area contributed by atoms with E-state index in [9.17, 15) is 14.4 Å². The van der Waals surface area contributed by atoms with Crippen LogP contribution in [0.1, 0.15) is 21.5 Å². The zero-order chi connectivity index (χ0) is 16.9. The average Bonchev–Trinajstić information content (AvgIpc) is 2.93. The zero-order valence-corrected chi connectivity index (χ0v) is 12.9. The van der Waals surface area contributed by atoms with E-state index in [4.69, 9.17) is 0 Å². The molecule has 1 aliphatic rings. The quantitative estimate of drug-likeness (QED) is 0.805. The maximum Gasteiger partial charge on any atom is 0.324 e. The number of rotatable bonds is 5. The Hall–Kier alpha value is -3.22. The van der Waals surface area contributed by atoms with E-state index in [0.717, 1.165) is 16.0 Å². The van der Waals surface area contributed by atoms with E-state index < -0.39 is 6.03 Å². The Balaban J connectivity index is 1.58. The Bertz CT molecular complexity index is 743. The molecular formula is C17H16N4O3. The van der Waals surface area contributed by atoms with Crippen LogP contribution in [0.2, 0.25) is 0 Å². The topological polar surface area (TPSA) is 91.4 Å². The van der Waals surface area contributed by atoms with E-state index in [2.05, 4.69) is 15.6 Å². The lowest BCUT2D eigenvalue weighted by Gasteiger charge is -2.12. The van der Waals surface area contributed by atoms with Crippen LogP contribution in [0.5, 0.6) is 0 Å². The van der Waals surface area contributed by atoms with Crippen molar-refractivity contribution in [2.45, 2.75) is 13.1 Å². The monoisotopic (exact) mass is 324 g/mol.